The van der Waals surface area contributed by atoms with Crippen molar-refractivity contribution in [2.45, 2.75) is 107 Å². The fraction of sp³-hybridized carbons (Fsp3) is 0.400. The number of piperidine rings is 2. The average molecular weight is 1110 g/mol. The molecular weight excluding hydrogens is 1040 g/mol. The molecule has 0 saturated carbocycles. The summed E-state index contributed by atoms with van der Waals surface area (Å²) in [7, 11) is -7.01. The number of aromatic carboxylic acids is 1. The third kappa shape index (κ3) is 14.2. The quantitative estimate of drug-likeness (QED) is 0.0862. The predicted molar refractivity (Wildman–Crippen MR) is 300 cm³/mol. The Morgan fingerprint density at radius 2 is 1.09 bits per heavy atom. The lowest BCUT2D eigenvalue weighted by Crippen LogP contribution is -2.41. The molecule has 23 heteroatoms. The van der Waals surface area contributed by atoms with Crippen molar-refractivity contribution >= 4 is 60.7 Å². The minimum Gasteiger partial charge on any atom is -0.478 e. The van der Waals surface area contributed by atoms with E-state index in [4.69, 9.17) is 9.84 Å². The number of H-pyrrole nitrogens is 2. The number of carboxylic acid groups (broad SMARTS) is 1. The van der Waals surface area contributed by atoms with E-state index in [1.807, 2.05) is 56.3 Å². The molecule has 4 atom stereocenters. The molecule has 2 saturated heterocycles. The minimum atomic E-state index is -3.55. The summed E-state index contributed by atoms with van der Waals surface area (Å²) in [5.41, 5.74) is 8.08. The van der Waals surface area contributed by atoms with Crippen LogP contribution in [0.5, 0.6) is 0 Å². The van der Waals surface area contributed by atoms with Crippen LogP contribution >= 0.6 is 0 Å². The number of aryl methyl sites for hydroxylation is 4. The van der Waals surface area contributed by atoms with Gasteiger partial charge in [-0.3, -0.25) is 38.9 Å². The summed E-state index contributed by atoms with van der Waals surface area (Å²) in [6.45, 7) is 16.4. The van der Waals surface area contributed by atoms with E-state index in [2.05, 4.69) is 43.5 Å². The van der Waals surface area contributed by atoms with Gasteiger partial charge in [-0.15, -0.1) is 0 Å². The number of carboxylic acids is 1. The number of amides is 2. The van der Waals surface area contributed by atoms with Crippen molar-refractivity contribution in [2.75, 3.05) is 35.0 Å². The minimum absolute atomic E-state index is 0. The highest BCUT2D eigenvalue weighted by molar-refractivity contribution is 7.92. The van der Waals surface area contributed by atoms with Crippen molar-refractivity contribution in [3.05, 3.63) is 161 Å². The smallest absolute Gasteiger partial charge is 0.410 e. The van der Waals surface area contributed by atoms with Gasteiger partial charge in [-0.2, -0.15) is 0 Å². The summed E-state index contributed by atoms with van der Waals surface area (Å²) in [6, 6.07) is 22.4. The van der Waals surface area contributed by atoms with Gasteiger partial charge in [0.15, 0.2) is 11.3 Å². The lowest BCUT2D eigenvalue weighted by atomic mass is 9.90. The summed E-state index contributed by atoms with van der Waals surface area (Å²) >= 11 is 0. The van der Waals surface area contributed by atoms with E-state index < -0.39 is 26.0 Å². The number of nitrogens with zero attached hydrogens (tertiary/aromatic N) is 6. The summed E-state index contributed by atoms with van der Waals surface area (Å²) in [6.07, 6.45) is 4.97. The van der Waals surface area contributed by atoms with E-state index in [0.717, 1.165) is 65.5 Å². The number of fused-ring (bicyclic) bond motifs is 2. The molecule has 9 rings (SSSR count). The van der Waals surface area contributed by atoms with Crippen molar-refractivity contribution < 1.29 is 41.1 Å². The first-order valence-corrected chi connectivity index (χ1v) is 28.8. The lowest BCUT2D eigenvalue weighted by Gasteiger charge is -2.38. The molecule has 6 heterocycles. The fourth-order valence-corrected chi connectivity index (χ4v) is 10.5. The predicted octanol–water partition coefficient (Wildman–Crippen LogP) is 8.38. The highest BCUT2D eigenvalue weighted by Crippen LogP contribution is 2.37. The van der Waals surface area contributed by atoms with Gasteiger partial charge in [0.05, 0.1) is 58.5 Å². The van der Waals surface area contributed by atoms with Crippen molar-refractivity contribution in [2.24, 2.45) is 11.8 Å². The van der Waals surface area contributed by atoms with Gasteiger partial charge in [0.25, 0.3) is 17.0 Å². The number of carbonyl (C=O) groups excluding carboxylic acids is 2. The number of anilines is 2. The molecule has 0 aliphatic carbocycles. The molecule has 2 fully saturated rings. The zero-order valence-corrected chi connectivity index (χ0v) is 46.4. The second kappa shape index (κ2) is 24.3. The Morgan fingerprint density at radius 1 is 0.654 bits per heavy atom. The third-order valence-electron chi connectivity index (χ3n) is 13.8. The molecule has 0 radical (unpaired) electrons. The Morgan fingerprint density at radius 3 is 1.55 bits per heavy atom. The van der Waals surface area contributed by atoms with Crippen LogP contribution in [0.3, 0.4) is 0 Å². The molecule has 4 aromatic heterocycles. The van der Waals surface area contributed by atoms with E-state index in [1.54, 1.807) is 61.8 Å². The van der Waals surface area contributed by atoms with Crippen LogP contribution in [0.25, 0.3) is 11.3 Å². The Labute approximate surface area is 454 Å². The molecule has 2 aliphatic rings. The Bertz CT molecular complexity index is 3720. The largest absolute Gasteiger partial charge is 0.478 e. The van der Waals surface area contributed by atoms with Crippen molar-refractivity contribution in [3.8, 4) is 0 Å². The van der Waals surface area contributed by atoms with Crippen LogP contribution in [-0.4, -0.2) is 105 Å². The zero-order chi connectivity index (χ0) is 56.3. The van der Waals surface area contributed by atoms with Crippen molar-refractivity contribution in [1.29, 1.82) is 0 Å². The molecule has 2 aliphatic heterocycles. The van der Waals surface area contributed by atoms with E-state index >= 15 is 0 Å². The molecule has 78 heavy (non-hydrogen) atoms. The van der Waals surface area contributed by atoms with Crippen LogP contribution < -0.4 is 20.6 Å². The van der Waals surface area contributed by atoms with Gasteiger partial charge < -0.3 is 14.7 Å². The fourth-order valence-electron chi connectivity index (χ4n) is 9.36. The van der Waals surface area contributed by atoms with Gasteiger partial charge in [-0.05, 0) is 109 Å². The zero-order valence-electron chi connectivity index (χ0n) is 44.8. The monoisotopic (exact) mass is 1110 g/mol. The molecule has 21 nitrogen and oxygen atoms in total. The molecule has 2 amide bonds. The maximum absolute atomic E-state index is 13.7. The number of ether oxygens (including phenoxy) is 1. The highest BCUT2D eigenvalue weighted by Gasteiger charge is 2.36. The van der Waals surface area contributed by atoms with Crippen molar-refractivity contribution in [1.82, 2.24) is 39.0 Å². The van der Waals surface area contributed by atoms with E-state index in [9.17, 15) is 40.8 Å². The maximum atomic E-state index is 13.7. The lowest BCUT2D eigenvalue weighted by molar-refractivity contribution is 0.0550. The number of rotatable bonds is 10. The first-order chi connectivity index (χ1) is 36.2. The Hall–Kier alpha value is -7.79. The second-order valence-corrected chi connectivity index (χ2v) is 23.7. The van der Waals surface area contributed by atoms with Crippen LogP contribution in [0.15, 0.2) is 88.5 Å². The molecule has 7 aromatic rings. The van der Waals surface area contributed by atoms with Gasteiger partial charge in [0, 0.05) is 47.7 Å². The maximum Gasteiger partial charge on any atom is 0.410 e. The number of likely N-dealkylation sites (tertiary alicyclic amines) is 2. The molecule has 3 aromatic carbocycles. The number of aromatic amines is 2. The average Bonchev–Trinajstić information content (AvgIpc) is 4.04. The van der Waals surface area contributed by atoms with E-state index in [0.29, 0.717) is 65.0 Å². The van der Waals surface area contributed by atoms with E-state index in [1.165, 1.54) is 21.2 Å². The number of aromatic nitrogens is 6. The summed E-state index contributed by atoms with van der Waals surface area (Å²) in [4.78, 5) is 75.2. The van der Waals surface area contributed by atoms with Crippen LogP contribution in [0.4, 0.5) is 16.2 Å². The molecule has 418 valence electrons. The molecule has 0 spiro atoms. The number of carbonyl (C=O) groups is 3. The summed E-state index contributed by atoms with van der Waals surface area (Å²) in [5, 5.41) is 15.2. The number of nitrogens with one attached hydrogen (secondary N) is 4. The van der Waals surface area contributed by atoms with Crippen molar-refractivity contribution in [3.63, 3.8) is 0 Å². The van der Waals surface area contributed by atoms with Gasteiger partial charge in [0.2, 0.25) is 20.0 Å². The molecule has 4 unspecified atom stereocenters. The second-order valence-electron chi connectivity index (χ2n) is 20.2. The van der Waals surface area contributed by atoms with E-state index in [-0.39, 0.29) is 66.2 Å². The normalized spacial score (nSPS) is 17.5. The van der Waals surface area contributed by atoms with Gasteiger partial charge >= 0.3 is 12.1 Å². The number of benzene rings is 3. The van der Waals surface area contributed by atoms with Gasteiger partial charge in [-0.25, -0.2) is 45.4 Å². The molecule has 5 N–H and O–H groups in total. The third-order valence-corrected chi connectivity index (χ3v) is 14.9. The Balaban J connectivity index is 0.000000201. The first kappa shape index (κ1) is 59.5. The van der Waals surface area contributed by atoms with Crippen LogP contribution in [-0.2, 0) is 31.4 Å². The topological polar surface area (TPSA) is 280 Å². The first-order valence-electron chi connectivity index (χ1n) is 25.0. The van der Waals surface area contributed by atoms with Crippen LogP contribution in [0.2, 0.25) is 0 Å². The summed E-state index contributed by atoms with van der Waals surface area (Å²) in [5.74, 6) is -0.569. The number of hydrogen-bond donors (Lipinski definition) is 5. The van der Waals surface area contributed by atoms with Gasteiger partial charge in [0.1, 0.15) is 6.61 Å². The number of sulfonamides is 2. The molecular formula is C55H70N10O11S2. The Kier molecular flexibility index (Phi) is 18.5. The number of hydrogen-bond acceptors (Lipinski definition) is 12. The molecule has 0 bridgehead atoms. The SMILES string of the molecule is C.Cc1ccc(NS(C)(=O)=O)c(C(=O)N2CCC(C)CC2c2cc3nc(C)c(C)c(=O)n3[nH]2)c1.Cc1ccc(NS(C)(=O)=O)c(C(=O)O)c1.Cc1nc2cc(C3CC(C)CCN3C(=O)OCc3ccccc3)[nH]n2c(=O)c1C. The summed E-state index contributed by atoms with van der Waals surface area (Å²) < 4.78 is 58.7. The highest BCUT2D eigenvalue weighted by atomic mass is 32.2. The van der Waals surface area contributed by atoms with Gasteiger partial charge in [-0.1, -0.05) is 74.9 Å². The van der Waals surface area contributed by atoms with Crippen LogP contribution in [0.1, 0.15) is 130 Å². The standard InChI is InChI=1S/C23H29N5O4S.C22H26N4O3.C9H11NO4S.CH4/c1-13-6-7-18(26-33(5,31)32)17(10-13)23(30)27-9-8-14(2)11-20(27)19-12-21-24-16(4)15(3)22(29)28(21)25-19;1-14-9-10-25(22(28)29-13-17-7-5-4-6-8-17)19(11-14)18-12-20-23-16(3)15(2)21(27)26(20)24-18;1-6-3-4-8(10-15(2,13)14)7(5-6)9(11)12;/h6-7,10,12,14,20,25-26H,8-9,11H2,1-5H3;4-8,12,14,19,24H,9-11,13H2,1-3H3;3-5,10H,1-2H3,(H,11,12);1H4. The van der Waals surface area contributed by atoms with Crippen LogP contribution in [0, 0.1) is 53.4 Å².